The standard InChI is InChI=1S/C17H22N2O3/c1-16(2,3)22-15(21)19-10-17(11-19)13(9-18-14(17)20)12-7-5-4-6-8-12/h4-8,13H,9-11H2,1-3H3,(H,18,20). The molecule has 2 saturated heterocycles. The van der Waals surface area contributed by atoms with E-state index in [0.29, 0.717) is 19.6 Å². The minimum absolute atomic E-state index is 0.0427. The van der Waals surface area contributed by atoms with E-state index >= 15 is 0 Å². The van der Waals surface area contributed by atoms with Crippen molar-refractivity contribution in [3.05, 3.63) is 35.9 Å². The van der Waals surface area contributed by atoms with Gasteiger partial charge in [0.15, 0.2) is 0 Å². The first-order valence-corrected chi connectivity index (χ1v) is 7.63. The third-order valence-corrected chi connectivity index (χ3v) is 4.39. The molecule has 0 saturated carbocycles. The smallest absolute Gasteiger partial charge is 0.410 e. The molecule has 0 bridgehead atoms. The third kappa shape index (κ3) is 2.45. The van der Waals surface area contributed by atoms with Crippen molar-refractivity contribution in [2.75, 3.05) is 19.6 Å². The highest BCUT2D eigenvalue weighted by Gasteiger charge is 2.60. The summed E-state index contributed by atoms with van der Waals surface area (Å²) < 4.78 is 5.38. The van der Waals surface area contributed by atoms with Gasteiger partial charge in [0.1, 0.15) is 5.60 Å². The molecular formula is C17H22N2O3. The maximum atomic E-state index is 12.3. The van der Waals surface area contributed by atoms with E-state index in [1.54, 1.807) is 4.90 Å². The van der Waals surface area contributed by atoms with Crippen LogP contribution in [0.4, 0.5) is 4.79 Å². The van der Waals surface area contributed by atoms with Crippen molar-refractivity contribution in [3.63, 3.8) is 0 Å². The molecule has 1 N–H and O–H groups in total. The van der Waals surface area contributed by atoms with Crippen LogP contribution in [0, 0.1) is 5.41 Å². The topological polar surface area (TPSA) is 58.6 Å². The number of amides is 2. The second-order valence-corrected chi connectivity index (χ2v) is 7.17. The van der Waals surface area contributed by atoms with Crippen molar-refractivity contribution < 1.29 is 14.3 Å². The highest BCUT2D eigenvalue weighted by atomic mass is 16.6. The van der Waals surface area contributed by atoms with Crippen LogP contribution in [0.3, 0.4) is 0 Å². The summed E-state index contributed by atoms with van der Waals surface area (Å²) in [5.41, 5.74) is 0.124. The zero-order chi connectivity index (χ0) is 16.0. The fraction of sp³-hybridized carbons (Fsp3) is 0.529. The van der Waals surface area contributed by atoms with Crippen molar-refractivity contribution in [1.82, 2.24) is 10.2 Å². The fourth-order valence-corrected chi connectivity index (χ4v) is 3.30. The van der Waals surface area contributed by atoms with Crippen LogP contribution >= 0.6 is 0 Å². The Morgan fingerprint density at radius 2 is 1.91 bits per heavy atom. The predicted octanol–water partition coefficient (Wildman–Crippen LogP) is 2.14. The number of carbonyl (C=O) groups excluding carboxylic acids is 2. The summed E-state index contributed by atoms with van der Waals surface area (Å²) in [5, 5.41) is 2.95. The molecule has 0 aliphatic carbocycles. The monoisotopic (exact) mass is 302 g/mol. The highest BCUT2D eigenvalue weighted by molar-refractivity contribution is 5.90. The largest absolute Gasteiger partial charge is 0.444 e. The Hall–Kier alpha value is -2.04. The lowest BCUT2D eigenvalue weighted by atomic mass is 9.68. The van der Waals surface area contributed by atoms with Crippen molar-refractivity contribution >= 4 is 12.0 Å². The molecule has 3 rings (SSSR count). The molecule has 0 aromatic heterocycles. The van der Waals surface area contributed by atoms with Crippen LogP contribution in [0.1, 0.15) is 32.3 Å². The number of carbonyl (C=O) groups is 2. The quantitative estimate of drug-likeness (QED) is 0.864. The fourth-order valence-electron chi connectivity index (χ4n) is 3.30. The van der Waals surface area contributed by atoms with Gasteiger partial charge in [-0.25, -0.2) is 4.79 Å². The molecule has 118 valence electrons. The second-order valence-electron chi connectivity index (χ2n) is 7.17. The van der Waals surface area contributed by atoms with Crippen molar-refractivity contribution in [2.24, 2.45) is 5.41 Å². The highest BCUT2D eigenvalue weighted by Crippen LogP contribution is 2.47. The van der Waals surface area contributed by atoms with Crippen LogP contribution in [0.15, 0.2) is 30.3 Å². The molecule has 1 spiro atoms. The van der Waals surface area contributed by atoms with Gasteiger partial charge < -0.3 is 15.0 Å². The summed E-state index contributed by atoms with van der Waals surface area (Å²) in [6, 6.07) is 10.0. The lowest BCUT2D eigenvalue weighted by Gasteiger charge is -2.48. The molecule has 2 heterocycles. The normalized spacial score (nSPS) is 23.1. The molecule has 2 aliphatic heterocycles. The van der Waals surface area contributed by atoms with Crippen molar-refractivity contribution in [3.8, 4) is 0 Å². The zero-order valence-corrected chi connectivity index (χ0v) is 13.3. The van der Waals surface area contributed by atoms with Crippen LogP contribution in [-0.4, -0.2) is 42.1 Å². The molecule has 2 amide bonds. The summed E-state index contributed by atoms with van der Waals surface area (Å²) in [7, 11) is 0. The SMILES string of the molecule is CC(C)(C)OC(=O)N1CC2(C1)C(=O)NCC2c1ccccc1. The van der Waals surface area contributed by atoms with Crippen LogP contribution in [0.2, 0.25) is 0 Å². The number of likely N-dealkylation sites (tertiary alicyclic amines) is 1. The van der Waals surface area contributed by atoms with Crippen LogP contribution in [0.25, 0.3) is 0 Å². The van der Waals surface area contributed by atoms with Gasteiger partial charge in [-0.05, 0) is 26.3 Å². The Morgan fingerprint density at radius 1 is 1.27 bits per heavy atom. The summed E-state index contributed by atoms with van der Waals surface area (Å²) in [6.45, 7) is 7.01. The Kier molecular flexibility index (Phi) is 3.38. The lowest BCUT2D eigenvalue weighted by Crippen LogP contribution is -2.63. The van der Waals surface area contributed by atoms with Gasteiger partial charge in [-0.1, -0.05) is 30.3 Å². The maximum Gasteiger partial charge on any atom is 0.410 e. The predicted molar refractivity (Wildman–Crippen MR) is 82.4 cm³/mol. The number of rotatable bonds is 1. The molecule has 1 aromatic rings. The van der Waals surface area contributed by atoms with Gasteiger partial charge in [0.25, 0.3) is 0 Å². The molecule has 2 aliphatic rings. The number of ether oxygens (including phenoxy) is 1. The first-order chi connectivity index (χ1) is 10.3. The number of nitrogens with one attached hydrogen (secondary N) is 1. The van der Waals surface area contributed by atoms with E-state index in [9.17, 15) is 9.59 Å². The Labute approximate surface area is 130 Å². The number of hydrogen-bond donors (Lipinski definition) is 1. The molecule has 1 unspecified atom stereocenters. The molecular weight excluding hydrogens is 280 g/mol. The van der Waals surface area contributed by atoms with Gasteiger partial charge in [-0.3, -0.25) is 4.79 Å². The van der Waals surface area contributed by atoms with E-state index in [4.69, 9.17) is 4.74 Å². The average molecular weight is 302 g/mol. The van der Waals surface area contributed by atoms with E-state index in [1.807, 2.05) is 51.1 Å². The first-order valence-electron chi connectivity index (χ1n) is 7.63. The molecule has 1 aromatic carbocycles. The summed E-state index contributed by atoms with van der Waals surface area (Å²) in [6.07, 6.45) is -0.343. The molecule has 5 heteroatoms. The second kappa shape index (κ2) is 5.00. The molecule has 1 atom stereocenters. The minimum atomic E-state index is -0.517. The Morgan fingerprint density at radius 3 is 2.50 bits per heavy atom. The van der Waals surface area contributed by atoms with E-state index in [2.05, 4.69) is 5.32 Å². The Balaban J connectivity index is 1.74. The molecule has 2 fully saturated rings. The number of hydrogen-bond acceptors (Lipinski definition) is 3. The van der Waals surface area contributed by atoms with Gasteiger partial charge in [0.2, 0.25) is 5.91 Å². The van der Waals surface area contributed by atoms with Gasteiger partial charge in [0, 0.05) is 25.6 Å². The third-order valence-electron chi connectivity index (χ3n) is 4.39. The van der Waals surface area contributed by atoms with E-state index in [-0.39, 0.29) is 17.9 Å². The lowest BCUT2D eigenvalue weighted by molar-refractivity contribution is -0.137. The van der Waals surface area contributed by atoms with E-state index in [1.165, 1.54) is 0 Å². The van der Waals surface area contributed by atoms with Crippen molar-refractivity contribution in [2.45, 2.75) is 32.3 Å². The molecule has 5 nitrogen and oxygen atoms in total. The van der Waals surface area contributed by atoms with Crippen LogP contribution in [0.5, 0.6) is 0 Å². The Bertz CT molecular complexity index is 586. The van der Waals surface area contributed by atoms with Gasteiger partial charge >= 0.3 is 6.09 Å². The van der Waals surface area contributed by atoms with Crippen LogP contribution in [-0.2, 0) is 9.53 Å². The minimum Gasteiger partial charge on any atom is -0.444 e. The van der Waals surface area contributed by atoms with E-state index in [0.717, 1.165) is 5.56 Å². The van der Waals surface area contributed by atoms with Gasteiger partial charge in [-0.15, -0.1) is 0 Å². The van der Waals surface area contributed by atoms with Crippen molar-refractivity contribution in [1.29, 1.82) is 0 Å². The molecule has 0 radical (unpaired) electrons. The molecule has 22 heavy (non-hydrogen) atoms. The number of nitrogens with zero attached hydrogens (tertiary/aromatic N) is 1. The average Bonchev–Trinajstić information content (AvgIpc) is 2.73. The number of benzene rings is 1. The first kappa shape index (κ1) is 14.9. The van der Waals surface area contributed by atoms with Gasteiger partial charge in [0.05, 0.1) is 5.41 Å². The summed E-state index contributed by atoms with van der Waals surface area (Å²) >= 11 is 0. The van der Waals surface area contributed by atoms with Gasteiger partial charge in [-0.2, -0.15) is 0 Å². The van der Waals surface area contributed by atoms with Crippen LogP contribution < -0.4 is 5.32 Å². The zero-order valence-electron chi connectivity index (χ0n) is 13.3. The maximum absolute atomic E-state index is 12.3. The summed E-state index contributed by atoms with van der Waals surface area (Å²) in [4.78, 5) is 26.0. The van der Waals surface area contributed by atoms with E-state index < -0.39 is 11.0 Å². The summed E-state index contributed by atoms with van der Waals surface area (Å²) in [5.74, 6) is 0.154.